The fourth-order valence-electron chi connectivity index (χ4n) is 1.47. The third-order valence-corrected chi connectivity index (χ3v) is 2.68. The molecule has 2 unspecified atom stereocenters. The highest BCUT2D eigenvalue weighted by molar-refractivity contribution is 6.30. The van der Waals surface area contributed by atoms with E-state index < -0.39 is 0 Å². The maximum atomic E-state index is 11.2. The number of nitrogens with one attached hydrogen (secondary N) is 1. The molecule has 1 aromatic rings. The van der Waals surface area contributed by atoms with Gasteiger partial charge in [-0.25, -0.2) is 0 Å². The first-order valence-electron chi connectivity index (χ1n) is 5.14. The topological polar surface area (TPSA) is 38.3 Å². The number of carbonyl (C=O) groups is 1. The molecule has 0 amide bonds. The molecule has 0 radical (unpaired) electrons. The van der Waals surface area contributed by atoms with Crippen molar-refractivity contribution in [3.63, 3.8) is 0 Å². The number of benzene rings is 1. The van der Waals surface area contributed by atoms with E-state index in [0.29, 0.717) is 5.02 Å². The monoisotopic (exact) mass is 241 g/mol. The summed E-state index contributed by atoms with van der Waals surface area (Å²) in [7, 11) is 1.38. The van der Waals surface area contributed by atoms with Crippen LogP contribution in [0.1, 0.15) is 25.5 Å². The van der Waals surface area contributed by atoms with Gasteiger partial charge in [0.25, 0.3) is 0 Å². The molecule has 0 saturated heterocycles. The maximum Gasteiger partial charge on any atom is 0.322 e. The lowest BCUT2D eigenvalue weighted by Gasteiger charge is -2.18. The summed E-state index contributed by atoms with van der Waals surface area (Å²) in [5, 5.41) is 3.85. The molecule has 0 aromatic heterocycles. The molecule has 0 saturated carbocycles. The lowest BCUT2D eigenvalue weighted by molar-refractivity contribution is -0.142. The van der Waals surface area contributed by atoms with E-state index >= 15 is 0 Å². The van der Waals surface area contributed by atoms with Crippen molar-refractivity contribution in [1.29, 1.82) is 0 Å². The third-order valence-electron chi connectivity index (χ3n) is 2.42. The Hall–Kier alpha value is -1.06. The summed E-state index contributed by atoms with van der Waals surface area (Å²) < 4.78 is 4.65. The van der Waals surface area contributed by atoms with Crippen LogP contribution >= 0.6 is 11.6 Å². The molecule has 0 aliphatic carbocycles. The number of methoxy groups -OCH3 is 1. The van der Waals surface area contributed by atoms with Crippen molar-refractivity contribution in [3.05, 3.63) is 34.9 Å². The molecule has 0 spiro atoms. The zero-order valence-electron chi connectivity index (χ0n) is 9.66. The number of hydrogen-bond donors (Lipinski definition) is 1. The molecule has 1 N–H and O–H groups in total. The van der Waals surface area contributed by atoms with Crippen molar-refractivity contribution in [2.45, 2.75) is 25.9 Å². The van der Waals surface area contributed by atoms with Crippen molar-refractivity contribution in [1.82, 2.24) is 5.32 Å². The first-order valence-corrected chi connectivity index (χ1v) is 5.51. The van der Waals surface area contributed by atoms with E-state index in [2.05, 4.69) is 10.1 Å². The van der Waals surface area contributed by atoms with Crippen LogP contribution in [0.3, 0.4) is 0 Å². The van der Waals surface area contributed by atoms with Crippen LogP contribution in [-0.2, 0) is 9.53 Å². The van der Waals surface area contributed by atoms with Crippen LogP contribution in [0.4, 0.5) is 0 Å². The molecule has 2 atom stereocenters. The lowest BCUT2D eigenvalue weighted by atomic mass is 10.1. The summed E-state index contributed by atoms with van der Waals surface area (Å²) in [6.07, 6.45) is 0. The van der Waals surface area contributed by atoms with Crippen molar-refractivity contribution >= 4 is 17.6 Å². The molecule has 3 nitrogen and oxygen atoms in total. The number of hydrogen-bond acceptors (Lipinski definition) is 3. The Morgan fingerprint density at radius 2 is 1.88 bits per heavy atom. The maximum absolute atomic E-state index is 11.2. The van der Waals surface area contributed by atoms with Crippen molar-refractivity contribution in [2.75, 3.05) is 7.11 Å². The van der Waals surface area contributed by atoms with Gasteiger partial charge >= 0.3 is 5.97 Å². The van der Waals surface area contributed by atoms with Gasteiger partial charge in [0.2, 0.25) is 0 Å². The van der Waals surface area contributed by atoms with Gasteiger partial charge in [0, 0.05) is 11.1 Å². The molecule has 0 aliphatic heterocycles. The average molecular weight is 242 g/mol. The van der Waals surface area contributed by atoms with Crippen LogP contribution < -0.4 is 5.32 Å². The Morgan fingerprint density at radius 3 is 2.38 bits per heavy atom. The van der Waals surface area contributed by atoms with Crippen molar-refractivity contribution in [2.24, 2.45) is 0 Å². The van der Waals surface area contributed by atoms with Gasteiger partial charge in [-0.05, 0) is 31.5 Å². The van der Waals surface area contributed by atoms with Gasteiger partial charge < -0.3 is 4.74 Å². The summed E-state index contributed by atoms with van der Waals surface area (Å²) in [6.45, 7) is 3.76. The molecule has 0 fully saturated rings. The Morgan fingerprint density at radius 1 is 1.31 bits per heavy atom. The number of rotatable bonds is 4. The van der Waals surface area contributed by atoms with Crippen LogP contribution in [0.15, 0.2) is 24.3 Å². The fraction of sp³-hybridized carbons (Fsp3) is 0.417. The van der Waals surface area contributed by atoms with Crippen LogP contribution in [0.5, 0.6) is 0 Å². The van der Waals surface area contributed by atoms with E-state index in [1.54, 1.807) is 6.92 Å². The van der Waals surface area contributed by atoms with Crippen LogP contribution in [0, 0.1) is 0 Å². The Labute approximate surface area is 101 Å². The second kappa shape index (κ2) is 5.87. The number of esters is 1. The zero-order chi connectivity index (χ0) is 12.1. The Bertz CT molecular complexity index is 351. The van der Waals surface area contributed by atoms with Gasteiger partial charge in [-0.15, -0.1) is 0 Å². The van der Waals surface area contributed by atoms with Gasteiger partial charge in [-0.3, -0.25) is 10.1 Å². The number of carbonyl (C=O) groups excluding carboxylic acids is 1. The highest BCUT2D eigenvalue weighted by atomic mass is 35.5. The van der Waals surface area contributed by atoms with E-state index in [1.165, 1.54) is 7.11 Å². The minimum absolute atomic E-state index is 0.0753. The molecule has 0 aliphatic rings. The zero-order valence-corrected chi connectivity index (χ0v) is 10.4. The molecule has 0 heterocycles. The molecule has 16 heavy (non-hydrogen) atoms. The lowest BCUT2D eigenvalue weighted by Crippen LogP contribution is -2.36. The number of halogens is 1. The van der Waals surface area contributed by atoms with E-state index in [9.17, 15) is 4.79 Å². The quantitative estimate of drug-likeness (QED) is 0.824. The molecule has 0 bridgehead atoms. The minimum atomic E-state index is -0.323. The highest BCUT2D eigenvalue weighted by Gasteiger charge is 2.16. The molecule has 4 heteroatoms. The van der Waals surface area contributed by atoms with E-state index in [0.717, 1.165) is 5.56 Å². The molecule has 1 aromatic carbocycles. The third kappa shape index (κ3) is 3.51. The fourth-order valence-corrected chi connectivity index (χ4v) is 1.59. The molecule has 88 valence electrons. The van der Waals surface area contributed by atoms with E-state index in [4.69, 9.17) is 11.6 Å². The predicted octanol–water partition coefficient (Wildman–Crippen LogP) is 2.55. The second-order valence-corrected chi connectivity index (χ2v) is 4.12. The van der Waals surface area contributed by atoms with Gasteiger partial charge in [-0.1, -0.05) is 23.7 Å². The van der Waals surface area contributed by atoms with Crippen LogP contribution in [0.2, 0.25) is 5.02 Å². The number of ether oxygens (including phenoxy) is 1. The largest absolute Gasteiger partial charge is 0.468 e. The first kappa shape index (κ1) is 13.0. The standard InChI is InChI=1S/C12H16ClNO2/c1-8(14-9(2)12(15)16-3)10-4-6-11(13)7-5-10/h4-9,14H,1-3H3. The summed E-state index contributed by atoms with van der Waals surface area (Å²) in [5.74, 6) is -0.263. The van der Waals surface area contributed by atoms with Crippen LogP contribution in [0.25, 0.3) is 0 Å². The predicted molar refractivity (Wildman–Crippen MR) is 64.5 cm³/mol. The smallest absolute Gasteiger partial charge is 0.322 e. The average Bonchev–Trinajstić information content (AvgIpc) is 2.28. The van der Waals surface area contributed by atoms with E-state index in [1.807, 2.05) is 31.2 Å². The Balaban J connectivity index is 2.61. The van der Waals surface area contributed by atoms with E-state index in [-0.39, 0.29) is 18.1 Å². The molecular weight excluding hydrogens is 226 g/mol. The molecule has 1 rings (SSSR count). The van der Waals surface area contributed by atoms with Gasteiger partial charge in [0.1, 0.15) is 6.04 Å². The van der Waals surface area contributed by atoms with Crippen molar-refractivity contribution < 1.29 is 9.53 Å². The SMILES string of the molecule is COC(=O)C(C)NC(C)c1ccc(Cl)cc1. The minimum Gasteiger partial charge on any atom is -0.468 e. The Kier molecular flexibility index (Phi) is 4.77. The highest BCUT2D eigenvalue weighted by Crippen LogP contribution is 2.16. The van der Waals surface area contributed by atoms with Gasteiger partial charge in [0.15, 0.2) is 0 Å². The van der Waals surface area contributed by atoms with Gasteiger partial charge in [0.05, 0.1) is 7.11 Å². The van der Waals surface area contributed by atoms with Gasteiger partial charge in [-0.2, -0.15) is 0 Å². The summed E-state index contributed by atoms with van der Waals surface area (Å²) in [6, 6.07) is 7.28. The summed E-state index contributed by atoms with van der Waals surface area (Å²) in [4.78, 5) is 11.2. The second-order valence-electron chi connectivity index (χ2n) is 3.68. The normalized spacial score (nSPS) is 14.2. The summed E-state index contributed by atoms with van der Waals surface area (Å²) in [5.41, 5.74) is 1.08. The molecular formula is C12H16ClNO2. The van der Waals surface area contributed by atoms with Crippen LogP contribution in [-0.4, -0.2) is 19.1 Å². The van der Waals surface area contributed by atoms with Crippen molar-refractivity contribution in [3.8, 4) is 0 Å². The first-order chi connectivity index (χ1) is 7.54. The summed E-state index contributed by atoms with van der Waals surface area (Å²) >= 11 is 5.80.